The van der Waals surface area contributed by atoms with E-state index in [1.54, 1.807) is 24.3 Å². The number of furan rings is 1. The highest BCUT2D eigenvalue weighted by molar-refractivity contribution is 5.98. The van der Waals surface area contributed by atoms with Gasteiger partial charge in [0.2, 0.25) is 5.91 Å². The SMILES string of the molecule is CCCC[C@H](Nc1ccc(C(=O)CCCC(=O)O)cc1)C(=O)Nc1ccc(-c2cc3ccccc3o2)cc1. The summed E-state index contributed by atoms with van der Waals surface area (Å²) in [7, 11) is 0. The number of carboxylic acids is 1. The monoisotopic (exact) mass is 512 g/mol. The lowest BCUT2D eigenvalue weighted by atomic mass is 10.0. The number of carbonyl (C=O) groups is 3. The Hall–Kier alpha value is -4.39. The minimum absolute atomic E-state index is 0.0256. The number of nitrogens with one attached hydrogen (secondary N) is 2. The number of hydrogen-bond acceptors (Lipinski definition) is 5. The predicted molar refractivity (Wildman–Crippen MR) is 149 cm³/mol. The van der Waals surface area contributed by atoms with Gasteiger partial charge in [0.25, 0.3) is 0 Å². The van der Waals surface area contributed by atoms with Crippen LogP contribution in [0, 0.1) is 0 Å². The fourth-order valence-electron chi connectivity index (χ4n) is 4.25. The third-order valence-corrected chi connectivity index (χ3v) is 6.37. The van der Waals surface area contributed by atoms with Gasteiger partial charge in [0, 0.05) is 40.7 Å². The maximum Gasteiger partial charge on any atom is 0.303 e. The summed E-state index contributed by atoms with van der Waals surface area (Å²) < 4.78 is 5.93. The summed E-state index contributed by atoms with van der Waals surface area (Å²) in [5.74, 6) is -0.362. The molecule has 38 heavy (non-hydrogen) atoms. The van der Waals surface area contributed by atoms with E-state index in [2.05, 4.69) is 17.6 Å². The number of unbranched alkanes of at least 4 members (excludes halogenated alkanes) is 1. The Labute approximate surface area is 221 Å². The molecule has 0 saturated heterocycles. The molecule has 0 saturated carbocycles. The van der Waals surface area contributed by atoms with Crippen LogP contribution in [0.4, 0.5) is 11.4 Å². The Morgan fingerprint density at radius 3 is 2.26 bits per heavy atom. The van der Waals surface area contributed by atoms with Gasteiger partial charge < -0.3 is 20.2 Å². The van der Waals surface area contributed by atoms with E-state index in [4.69, 9.17) is 9.52 Å². The number of amides is 1. The Morgan fingerprint density at radius 2 is 1.58 bits per heavy atom. The second-order valence-electron chi connectivity index (χ2n) is 9.30. The van der Waals surface area contributed by atoms with Gasteiger partial charge >= 0.3 is 5.97 Å². The number of carboxylic acid groups (broad SMARTS) is 1. The van der Waals surface area contributed by atoms with Gasteiger partial charge in [-0.2, -0.15) is 0 Å². The molecule has 4 rings (SSSR count). The van der Waals surface area contributed by atoms with E-state index in [1.165, 1.54) is 0 Å². The molecule has 4 aromatic rings. The van der Waals surface area contributed by atoms with Crippen LogP contribution >= 0.6 is 0 Å². The molecule has 0 aliphatic rings. The quantitative estimate of drug-likeness (QED) is 0.164. The maximum atomic E-state index is 13.1. The molecule has 196 valence electrons. The topological polar surface area (TPSA) is 109 Å². The van der Waals surface area contributed by atoms with E-state index in [1.807, 2.05) is 54.6 Å². The Balaban J connectivity index is 1.38. The number of anilines is 2. The molecule has 3 aromatic carbocycles. The van der Waals surface area contributed by atoms with Crippen LogP contribution in [0.2, 0.25) is 0 Å². The zero-order valence-electron chi connectivity index (χ0n) is 21.4. The van der Waals surface area contributed by atoms with Crippen molar-refractivity contribution in [3.63, 3.8) is 0 Å². The molecule has 7 heteroatoms. The Kier molecular flexibility index (Phi) is 8.93. The number of benzene rings is 3. The first-order chi connectivity index (χ1) is 18.4. The van der Waals surface area contributed by atoms with Crippen LogP contribution in [-0.4, -0.2) is 28.8 Å². The van der Waals surface area contributed by atoms with E-state index in [0.717, 1.165) is 40.8 Å². The van der Waals surface area contributed by atoms with Gasteiger partial charge in [-0.25, -0.2) is 0 Å². The molecule has 3 N–H and O–H groups in total. The summed E-state index contributed by atoms with van der Waals surface area (Å²) in [6.45, 7) is 2.08. The molecule has 1 atom stereocenters. The molecule has 0 bridgehead atoms. The molecular weight excluding hydrogens is 480 g/mol. The minimum atomic E-state index is -0.907. The Morgan fingerprint density at radius 1 is 0.868 bits per heavy atom. The van der Waals surface area contributed by atoms with Gasteiger partial charge in [-0.3, -0.25) is 14.4 Å². The van der Waals surface area contributed by atoms with Gasteiger partial charge in [-0.1, -0.05) is 38.0 Å². The van der Waals surface area contributed by atoms with Crippen molar-refractivity contribution >= 4 is 40.0 Å². The molecule has 0 aliphatic carbocycles. The molecule has 7 nitrogen and oxygen atoms in total. The molecule has 0 unspecified atom stereocenters. The van der Waals surface area contributed by atoms with Gasteiger partial charge in [0.1, 0.15) is 17.4 Å². The maximum absolute atomic E-state index is 13.1. The highest BCUT2D eigenvalue weighted by Crippen LogP contribution is 2.28. The van der Waals surface area contributed by atoms with Crippen LogP contribution in [0.15, 0.2) is 83.3 Å². The number of rotatable bonds is 13. The highest BCUT2D eigenvalue weighted by Gasteiger charge is 2.19. The van der Waals surface area contributed by atoms with E-state index < -0.39 is 12.0 Å². The first kappa shape index (κ1) is 26.7. The summed E-state index contributed by atoms with van der Waals surface area (Å²) in [6.07, 6.45) is 2.98. The summed E-state index contributed by atoms with van der Waals surface area (Å²) >= 11 is 0. The number of para-hydroxylation sites is 1. The van der Waals surface area contributed by atoms with E-state index in [9.17, 15) is 14.4 Å². The molecule has 1 amide bonds. The van der Waals surface area contributed by atoms with Crippen LogP contribution < -0.4 is 10.6 Å². The summed E-state index contributed by atoms with van der Waals surface area (Å²) in [4.78, 5) is 36.1. The first-order valence-corrected chi connectivity index (χ1v) is 12.9. The molecule has 1 aromatic heterocycles. The molecule has 0 fully saturated rings. The van der Waals surface area contributed by atoms with Crippen molar-refractivity contribution < 1.29 is 23.9 Å². The lowest BCUT2D eigenvalue weighted by molar-refractivity contribution is -0.137. The molecular formula is C31H32N2O5. The lowest BCUT2D eigenvalue weighted by Crippen LogP contribution is -2.34. The number of fused-ring (bicyclic) bond motifs is 1. The third kappa shape index (κ3) is 7.09. The van der Waals surface area contributed by atoms with Crippen molar-refractivity contribution in [3.05, 3.63) is 84.4 Å². The van der Waals surface area contributed by atoms with Crippen LogP contribution in [0.1, 0.15) is 55.8 Å². The predicted octanol–water partition coefficient (Wildman–Crippen LogP) is 7.15. The van der Waals surface area contributed by atoms with Crippen molar-refractivity contribution in [2.45, 2.75) is 51.5 Å². The van der Waals surface area contributed by atoms with Gasteiger partial charge in [0.05, 0.1) is 0 Å². The average Bonchev–Trinajstić information content (AvgIpc) is 3.36. The van der Waals surface area contributed by atoms with Crippen LogP contribution in [-0.2, 0) is 9.59 Å². The van der Waals surface area contributed by atoms with Crippen LogP contribution in [0.3, 0.4) is 0 Å². The fraction of sp³-hybridized carbons (Fsp3) is 0.258. The van der Waals surface area contributed by atoms with Crippen LogP contribution in [0.25, 0.3) is 22.3 Å². The van der Waals surface area contributed by atoms with Crippen molar-refractivity contribution in [2.24, 2.45) is 0 Å². The Bertz CT molecular complexity index is 1360. The van der Waals surface area contributed by atoms with Crippen LogP contribution in [0.5, 0.6) is 0 Å². The number of hydrogen-bond donors (Lipinski definition) is 3. The summed E-state index contributed by atoms with van der Waals surface area (Å²) in [5.41, 5.74) is 3.72. The lowest BCUT2D eigenvalue weighted by Gasteiger charge is -2.20. The molecule has 0 radical (unpaired) electrons. The second kappa shape index (κ2) is 12.7. The van der Waals surface area contributed by atoms with E-state index >= 15 is 0 Å². The van der Waals surface area contributed by atoms with Crippen molar-refractivity contribution in [1.29, 1.82) is 0 Å². The fourth-order valence-corrected chi connectivity index (χ4v) is 4.25. The standard InChI is InChI=1S/C31H32N2O5/c1-2-3-8-26(32-24-16-12-21(13-17-24)27(34)9-6-11-30(35)36)31(37)33-25-18-14-22(15-19-25)29-20-23-7-4-5-10-28(23)38-29/h4-5,7,10,12-20,26,32H,2-3,6,8-9,11H2,1H3,(H,33,37)(H,35,36)/t26-/m0/s1. The second-order valence-corrected chi connectivity index (χ2v) is 9.30. The number of carbonyl (C=O) groups excluding carboxylic acids is 2. The van der Waals surface area contributed by atoms with E-state index in [0.29, 0.717) is 24.1 Å². The largest absolute Gasteiger partial charge is 0.481 e. The van der Waals surface area contributed by atoms with Crippen molar-refractivity contribution in [1.82, 2.24) is 0 Å². The highest BCUT2D eigenvalue weighted by atomic mass is 16.4. The third-order valence-electron chi connectivity index (χ3n) is 6.37. The van der Waals surface area contributed by atoms with Crippen molar-refractivity contribution in [3.8, 4) is 11.3 Å². The zero-order chi connectivity index (χ0) is 26.9. The van der Waals surface area contributed by atoms with Gasteiger partial charge in [0.15, 0.2) is 5.78 Å². The number of Topliss-reactive ketones (excluding diaryl/α,β-unsaturated/α-hetero) is 1. The summed E-state index contributed by atoms with van der Waals surface area (Å²) in [6, 6.07) is 24.0. The summed E-state index contributed by atoms with van der Waals surface area (Å²) in [5, 5.41) is 16.1. The number of ketones is 1. The van der Waals surface area contributed by atoms with E-state index in [-0.39, 0.29) is 24.5 Å². The molecule has 0 aliphatic heterocycles. The number of aliphatic carboxylic acids is 1. The molecule has 1 heterocycles. The first-order valence-electron chi connectivity index (χ1n) is 12.9. The normalized spacial score (nSPS) is 11.7. The molecule has 0 spiro atoms. The minimum Gasteiger partial charge on any atom is -0.481 e. The van der Waals surface area contributed by atoms with Gasteiger partial charge in [-0.15, -0.1) is 0 Å². The zero-order valence-corrected chi connectivity index (χ0v) is 21.4. The average molecular weight is 513 g/mol. The van der Waals surface area contributed by atoms with Gasteiger partial charge in [-0.05, 0) is 73.5 Å². The smallest absolute Gasteiger partial charge is 0.303 e. The van der Waals surface area contributed by atoms with Crippen molar-refractivity contribution in [2.75, 3.05) is 10.6 Å².